The Hall–Kier alpha value is -4.08. The number of halogens is 1. The van der Waals surface area contributed by atoms with Crippen molar-refractivity contribution in [2.45, 2.75) is 32.7 Å². The van der Waals surface area contributed by atoms with Crippen molar-refractivity contribution in [1.29, 1.82) is 0 Å². The van der Waals surface area contributed by atoms with Gasteiger partial charge in [-0.1, -0.05) is 24.3 Å². The molecule has 42 heavy (non-hydrogen) atoms. The number of ether oxygens (including phenoxy) is 1. The van der Waals surface area contributed by atoms with Gasteiger partial charge in [0.25, 0.3) is 5.56 Å². The maximum Gasteiger partial charge on any atom is 0.266 e. The number of para-hydroxylation sites is 1. The molecule has 222 valence electrons. The number of fused-ring (bicyclic) bond motifs is 1. The average Bonchev–Trinajstić information content (AvgIpc) is 2.97. The first kappa shape index (κ1) is 30.9. The minimum atomic E-state index is -0.538. The Morgan fingerprint density at radius 3 is 2.48 bits per heavy atom. The molecule has 0 fully saturated rings. The zero-order chi connectivity index (χ0) is 30.2. The zero-order valence-electron chi connectivity index (χ0n) is 25.1. The van der Waals surface area contributed by atoms with Gasteiger partial charge in [0.2, 0.25) is 5.91 Å². The molecule has 0 saturated carbocycles. The number of aryl methyl sites for hydroxylation is 1. The second-order valence-corrected chi connectivity index (χ2v) is 10.6. The zero-order valence-corrected chi connectivity index (χ0v) is 25.1. The molecule has 1 aromatic heterocycles. The third-order valence-corrected chi connectivity index (χ3v) is 7.25. The number of amides is 1. The van der Waals surface area contributed by atoms with Crippen molar-refractivity contribution in [1.82, 2.24) is 24.7 Å². The number of benzene rings is 3. The number of carbonyl (C=O) groups excluding carboxylic acids is 1. The fraction of sp³-hybridized carbons (Fsp3) is 0.364. The molecule has 1 N–H and O–H groups in total. The summed E-state index contributed by atoms with van der Waals surface area (Å²) in [7, 11) is 5.75. The maximum absolute atomic E-state index is 14.4. The van der Waals surface area contributed by atoms with E-state index >= 15 is 0 Å². The van der Waals surface area contributed by atoms with E-state index in [9.17, 15) is 14.0 Å². The van der Waals surface area contributed by atoms with Crippen LogP contribution in [-0.2, 0) is 11.2 Å². The van der Waals surface area contributed by atoms with Gasteiger partial charge in [-0.15, -0.1) is 0 Å². The average molecular weight is 574 g/mol. The maximum atomic E-state index is 14.4. The van der Waals surface area contributed by atoms with Gasteiger partial charge in [-0.25, -0.2) is 9.37 Å². The van der Waals surface area contributed by atoms with Gasteiger partial charge >= 0.3 is 0 Å². The van der Waals surface area contributed by atoms with Gasteiger partial charge in [-0.3, -0.25) is 14.2 Å². The fourth-order valence-corrected chi connectivity index (χ4v) is 4.97. The Bertz CT molecular complexity index is 1570. The van der Waals surface area contributed by atoms with Gasteiger partial charge in [-0.2, -0.15) is 0 Å². The topological polar surface area (TPSA) is 79.7 Å². The van der Waals surface area contributed by atoms with E-state index < -0.39 is 6.04 Å². The summed E-state index contributed by atoms with van der Waals surface area (Å²) in [6.07, 6.45) is 0.543. The standard InChI is InChI=1S/C33H40FN5O3/c1-6-42-26-15-13-25(14-16-26)39-32(36-29-10-8-7-9-27(29)33(39)41)30(17-18-35-3)38(20-19-37(4)5)31(40)22-24-12-11-23(2)28(34)21-24/h7-16,21,30,35H,6,17-20,22H2,1-5H3. The molecule has 1 atom stereocenters. The van der Waals surface area contributed by atoms with Crippen LogP contribution in [0.2, 0.25) is 0 Å². The van der Waals surface area contributed by atoms with Crippen LogP contribution >= 0.6 is 0 Å². The monoisotopic (exact) mass is 573 g/mol. The number of nitrogens with zero attached hydrogens (tertiary/aromatic N) is 4. The van der Waals surface area contributed by atoms with Gasteiger partial charge in [0.05, 0.1) is 35.7 Å². The molecule has 1 heterocycles. The molecule has 1 amide bonds. The molecule has 0 aliphatic carbocycles. The summed E-state index contributed by atoms with van der Waals surface area (Å²) in [6, 6.07) is 18.9. The van der Waals surface area contributed by atoms with Gasteiger partial charge in [0.15, 0.2) is 0 Å². The highest BCUT2D eigenvalue weighted by Crippen LogP contribution is 2.28. The molecule has 4 aromatic rings. The van der Waals surface area contributed by atoms with Crippen LogP contribution in [0.4, 0.5) is 4.39 Å². The number of hydrogen-bond acceptors (Lipinski definition) is 6. The minimum Gasteiger partial charge on any atom is -0.494 e. The molecule has 3 aromatic carbocycles. The van der Waals surface area contributed by atoms with Gasteiger partial charge in [0.1, 0.15) is 17.4 Å². The quantitative estimate of drug-likeness (QED) is 0.254. The number of aromatic nitrogens is 2. The van der Waals surface area contributed by atoms with Crippen LogP contribution in [0.25, 0.3) is 16.6 Å². The van der Waals surface area contributed by atoms with Gasteiger partial charge in [0, 0.05) is 13.1 Å². The van der Waals surface area contributed by atoms with Crippen LogP contribution in [0.5, 0.6) is 5.75 Å². The van der Waals surface area contributed by atoms with Crippen LogP contribution < -0.4 is 15.6 Å². The molecule has 9 heteroatoms. The number of carbonyl (C=O) groups is 1. The molecule has 0 aliphatic heterocycles. The third kappa shape index (κ3) is 7.21. The molecular weight excluding hydrogens is 533 g/mol. The first-order chi connectivity index (χ1) is 20.2. The Labute approximate surface area is 246 Å². The Kier molecular flexibility index (Phi) is 10.4. The first-order valence-corrected chi connectivity index (χ1v) is 14.3. The van der Waals surface area contributed by atoms with Crippen molar-refractivity contribution >= 4 is 16.8 Å². The largest absolute Gasteiger partial charge is 0.494 e. The smallest absolute Gasteiger partial charge is 0.266 e. The predicted molar refractivity (Wildman–Crippen MR) is 165 cm³/mol. The molecule has 0 bridgehead atoms. The van der Waals surface area contributed by atoms with Gasteiger partial charge < -0.3 is 19.9 Å². The lowest BCUT2D eigenvalue weighted by atomic mass is 10.0. The van der Waals surface area contributed by atoms with Crippen molar-refractivity contribution in [3.63, 3.8) is 0 Å². The summed E-state index contributed by atoms with van der Waals surface area (Å²) >= 11 is 0. The second-order valence-electron chi connectivity index (χ2n) is 10.6. The van der Waals surface area contributed by atoms with Crippen molar-refractivity contribution < 1.29 is 13.9 Å². The van der Waals surface area contributed by atoms with Crippen molar-refractivity contribution in [3.8, 4) is 11.4 Å². The van der Waals surface area contributed by atoms with E-state index in [-0.39, 0.29) is 23.7 Å². The third-order valence-electron chi connectivity index (χ3n) is 7.25. The summed E-state index contributed by atoms with van der Waals surface area (Å²) < 4.78 is 21.6. The molecule has 0 aliphatic rings. The van der Waals surface area contributed by atoms with Gasteiger partial charge in [-0.05, 0) is 102 Å². The summed E-state index contributed by atoms with van der Waals surface area (Å²) in [6.45, 7) is 5.74. The summed E-state index contributed by atoms with van der Waals surface area (Å²) in [4.78, 5) is 36.9. The molecule has 0 radical (unpaired) electrons. The van der Waals surface area contributed by atoms with E-state index in [1.807, 2.05) is 75.4 Å². The SMILES string of the molecule is CCOc1ccc(-n2c(C(CCNC)N(CCN(C)C)C(=O)Cc3ccc(C)c(F)c3)nc3ccccc3c2=O)cc1. The summed E-state index contributed by atoms with van der Waals surface area (Å²) in [5.41, 5.74) is 2.11. The molecule has 0 spiro atoms. The van der Waals surface area contributed by atoms with Crippen molar-refractivity contribution in [2.24, 2.45) is 0 Å². The van der Waals surface area contributed by atoms with E-state index in [0.717, 1.165) is 0 Å². The summed E-state index contributed by atoms with van der Waals surface area (Å²) in [5, 5.41) is 3.68. The second kappa shape index (κ2) is 14.2. The predicted octanol–water partition coefficient (Wildman–Crippen LogP) is 4.52. The fourth-order valence-electron chi connectivity index (χ4n) is 4.97. The van der Waals surface area contributed by atoms with Crippen LogP contribution in [0.1, 0.15) is 36.3 Å². The molecular formula is C33H40FN5O3. The normalized spacial score (nSPS) is 12.1. The van der Waals surface area contributed by atoms with Crippen LogP contribution in [-0.4, -0.2) is 72.6 Å². The van der Waals surface area contributed by atoms with Crippen LogP contribution in [0, 0.1) is 12.7 Å². The summed E-state index contributed by atoms with van der Waals surface area (Å²) in [5.74, 6) is 0.666. The highest BCUT2D eigenvalue weighted by Gasteiger charge is 2.30. The van der Waals surface area contributed by atoms with E-state index in [2.05, 4.69) is 5.32 Å². The lowest BCUT2D eigenvalue weighted by Gasteiger charge is -2.34. The molecule has 4 rings (SSSR count). The van der Waals surface area contributed by atoms with Crippen molar-refractivity contribution in [2.75, 3.05) is 47.4 Å². The van der Waals surface area contributed by atoms with E-state index in [4.69, 9.17) is 9.72 Å². The van der Waals surface area contributed by atoms with Crippen LogP contribution in [0.15, 0.2) is 71.5 Å². The number of likely N-dealkylation sites (N-methyl/N-ethyl adjacent to an activating group) is 1. The lowest BCUT2D eigenvalue weighted by molar-refractivity contribution is -0.133. The lowest BCUT2D eigenvalue weighted by Crippen LogP contribution is -2.43. The van der Waals surface area contributed by atoms with E-state index in [1.54, 1.807) is 34.6 Å². The van der Waals surface area contributed by atoms with Crippen molar-refractivity contribution in [3.05, 3.63) is 99.9 Å². The number of hydrogen-bond donors (Lipinski definition) is 1. The molecule has 8 nitrogen and oxygen atoms in total. The first-order valence-electron chi connectivity index (χ1n) is 14.3. The Morgan fingerprint density at radius 2 is 1.81 bits per heavy atom. The highest BCUT2D eigenvalue weighted by molar-refractivity contribution is 5.80. The number of rotatable bonds is 13. The van der Waals surface area contributed by atoms with E-state index in [1.165, 1.54) is 6.07 Å². The Balaban J connectivity index is 1.89. The number of nitrogens with one attached hydrogen (secondary N) is 1. The van der Waals surface area contributed by atoms with E-state index in [0.29, 0.717) is 72.0 Å². The Morgan fingerprint density at radius 1 is 1.07 bits per heavy atom. The molecule has 0 saturated heterocycles. The molecule has 1 unspecified atom stereocenters. The minimum absolute atomic E-state index is 0.0293. The van der Waals surface area contributed by atoms with Crippen LogP contribution in [0.3, 0.4) is 0 Å². The highest BCUT2D eigenvalue weighted by atomic mass is 19.1.